The van der Waals surface area contributed by atoms with E-state index >= 15 is 0 Å². The van der Waals surface area contributed by atoms with E-state index in [1.54, 1.807) is 19.2 Å². The molecule has 9 heteroatoms. The van der Waals surface area contributed by atoms with E-state index < -0.39 is 41.7 Å². The number of ether oxygens (including phenoxy) is 1. The minimum absolute atomic E-state index is 0.0187. The second-order valence-electron chi connectivity index (χ2n) is 7.89. The normalized spacial score (nSPS) is 23.1. The van der Waals surface area contributed by atoms with Gasteiger partial charge in [0.2, 0.25) is 0 Å². The number of carbonyl (C=O) groups excluding carboxylic acids is 2. The van der Waals surface area contributed by atoms with Gasteiger partial charge in [-0.1, -0.05) is 12.1 Å². The van der Waals surface area contributed by atoms with Crippen LogP contribution < -0.4 is 15.6 Å². The lowest BCUT2D eigenvalue weighted by Crippen LogP contribution is -2.59. The minimum Gasteiger partial charge on any atom is -0.507 e. The zero-order valence-corrected chi connectivity index (χ0v) is 17.1. The number of phenolic OH excluding ortho intramolecular Hbond substituents is 1. The molecule has 0 saturated carbocycles. The van der Waals surface area contributed by atoms with E-state index in [-0.39, 0.29) is 52.0 Å². The molecule has 0 radical (unpaired) electrons. The number of rotatable bonds is 5. The van der Waals surface area contributed by atoms with Crippen molar-refractivity contribution >= 4 is 11.6 Å². The smallest absolute Gasteiger partial charge is 0.198 e. The van der Waals surface area contributed by atoms with E-state index in [1.165, 1.54) is 19.2 Å². The molecule has 2 aliphatic rings. The van der Waals surface area contributed by atoms with E-state index in [0.717, 1.165) is 0 Å². The van der Waals surface area contributed by atoms with Crippen LogP contribution in [0.1, 0.15) is 55.5 Å². The fourth-order valence-electron chi connectivity index (χ4n) is 4.63. The van der Waals surface area contributed by atoms with Crippen LogP contribution in [0.15, 0.2) is 24.3 Å². The summed E-state index contributed by atoms with van der Waals surface area (Å²) in [7, 11) is 2.97. The molecule has 2 aromatic carbocycles. The number of hydrazine groups is 1. The molecule has 0 aromatic heterocycles. The predicted molar refractivity (Wildman–Crippen MR) is 109 cm³/mol. The highest BCUT2D eigenvalue weighted by Crippen LogP contribution is 2.46. The summed E-state index contributed by atoms with van der Waals surface area (Å²) < 4.78 is 5.24. The monoisotopic (exact) mass is 428 g/mol. The molecule has 0 spiro atoms. The van der Waals surface area contributed by atoms with E-state index in [2.05, 4.69) is 10.9 Å². The Labute approximate surface area is 178 Å². The van der Waals surface area contributed by atoms with Gasteiger partial charge in [-0.25, -0.2) is 5.43 Å². The van der Waals surface area contributed by atoms with Crippen molar-refractivity contribution in [3.05, 3.63) is 57.6 Å². The van der Waals surface area contributed by atoms with Crippen LogP contribution in [0.25, 0.3) is 0 Å². The van der Waals surface area contributed by atoms with Gasteiger partial charge < -0.3 is 25.2 Å². The fraction of sp³-hybridized carbons (Fsp3) is 0.364. The molecule has 2 aliphatic carbocycles. The highest BCUT2D eigenvalue weighted by molar-refractivity contribution is 6.30. The molecule has 0 fully saturated rings. The highest BCUT2D eigenvalue weighted by atomic mass is 16.5. The maximum atomic E-state index is 13.2. The van der Waals surface area contributed by atoms with Crippen LogP contribution in [0.4, 0.5) is 0 Å². The van der Waals surface area contributed by atoms with Gasteiger partial charge in [-0.05, 0) is 24.7 Å². The molecule has 4 rings (SSSR count). The number of phenols is 1. The minimum atomic E-state index is -1.61. The van der Waals surface area contributed by atoms with Gasteiger partial charge in [0.15, 0.2) is 11.6 Å². The molecule has 6 N–H and O–H groups in total. The Hall–Kier alpha value is -2.82. The zero-order valence-electron chi connectivity index (χ0n) is 17.1. The molecule has 164 valence electrons. The first-order valence-electron chi connectivity index (χ1n) is 9.86. The molecule has 9 nitrogen and oxygen atoms in total. The van der Waals surface area contributed by atoms with Gasteiger partial charge in [-0.3, -0.25) is 15.0 Å². The summed E-state index contributed by atoms with van der Waals surface area (Å²) >= 11 is 0. The number of benzene rings is 2. The van der Waals surface area contributed by atoms with Crippen molar-refractivity contribution in [2.75, 3.05) is 20.8 Å². The predicted octanol–water partition coefficient (Wildman–Crippen LogP) is -0.0282. The van der Waals surface area contributed by atoms with Crippen molar-refractivity contribution in [2.45, 2.75) is 30.6 Å². The number of carbonyl (C=O) groups is 2. The Morgan fingerprint density at radius 3 is 2.58 bits per heavy atom. The van der Waals surface area contributed by atoms with Crippen LogP contribution in [0.2, 0.25) is 0 Å². The maximum absolute atomic E-state index is 13.2. The van der Waals surface area contributed by atoms with Gasteiger partial charge in [-0.15, -0.1) is 0 Å². The number of ketones is 2. The molecular formula is C22H24N2O7. The Kier molecular flexibility index (Phi) is 5.32. The Bertz CT molecular complexity index is 1080. The summed E-state index contributed by atoms with van der Waals surface area (Å²) in [6, 6.07) is 5.21. The largest absolute Gasteiger partial charge is 0.507 e. The summed E-state index contributed by atoms with van der Waals surface area (Å²) in [5.41, 5.74) is 4.26. The molecule has 1 unspecified atom stereocenters. The van der Waals surface area contributed by atoms with Crippen molar-refractivity contribution in [1.82, 2.24) is 10.9 Å². The third kappa shape index (κ3) is 3.13. The fourth-order valence-corrected chi connectivity index (χ4v) is 4.63. The van der Waals surface area contributed by atoms with Crippen LogP contribution in [-0.4, -0.2) is 64.4 Å². The number of aliphatic hydroxyl groups excluding tert-OH is 2. The van der Waals surface area contributed by atoms with Gasteiger partial charge in [0.25, 0.3) is 0 Å². The molecule has 0 bridgehead atoms. The third-order valence-corrected chi connectivity index (χ3v) is 6.17. The second kappa shape index (κ2) is 7.70. The molecule has 0 saturated heterocycles. The SMILES string of the molecule is CNNC(CO)[C@]1(O)Cc2c(cc3c(c2O)C(=O)c2cccc(OC)c2C3=O)[C@@H](O)C1. The van der Waals surface area contributed by atoms with Crippen molar-refractivity contribution in [1.29, 1.82) is 0 Å². The summed E-state index contributed by atoms with van der Waals surface area (Å²) in [5.74, 6) is -1.23. The molecule has 31 heavy (non-hydrogen) atoms. The number of methoxy groups -OCH3 is 1. The van der Waals surface area contributed by atoms with E-state index in [1.807, 2.05) is 0 Å². The first kappa shape index (κ1) is 21.4. The lowest BCUT2D eigenvalue weighted by Gasteiger charge is -2.42. The van der Waals surface area contributed by atoms with Crippen molar-refractivity contribution < 1.29 is 34.8 Å². The number of aromatic hydroxyl groups is 1. The molecule has 0 amide bonds. The number of nitrogens with one attached hydrogen (secondary N) is 2. The van der Waals surface area contributed by atoms with Crippen LogP contribution in [0.5, 0.6) is 11.5 Å². The summed E-state index contributed by atoms with van der Waals surface area (Å²) in [5, 5.41) is 42.6. The zero-order chi connectivity index (χ0) is 22.5. The number of hydrogen-bond donors (Lipinski definition) is 6. The van der Waals surface area contributed by atoms with Crippen molar-refractivity contribution in [3.8, 4) is 11.5 Å². The van der Waals surface area contributed by atoms with Crippen LogP contribution in [0, 0.1) is 0 Å². The maximum Gasteiger partial charge on any atom is 0.198 e. The highest BCUT2D eigenvalue weighted by Gasteiger charge is 2.46. The topological polar surface area (TPSA) is 148 Å². The van der Waals surface area contributed by atoms with Crippen LogP contribution >= 0.6 is 0 Å². The molecule has 0 heterocycles. The lowest BCUT2D eigenvalue weighted by molar-refractivity contribution is -0.0647. The number of hydrogen-bond acceptors (Lipinski definition) is 9. The van der Waals surface area contributed by atoms with Gasteiger partial charge in [0.05, 0.1) is 42.6 Å². The molecule has 0 aliphatic heterocycles. The van der Waals surface area contributed by atoms with E-state index in [0.29, 0.717) is 0 Å². The Balaban J connectivity index is 1.88. The molecule has 3 atom stereocenters. The molecule has 2 aromatic rings. The van der Waals surface area contributed by atoms with Crippen LogP contribution in [-0.2, 0) is 6.42 Å². The first-order valence-corrected chi connectivity index (χ1v) is 9.86. The average molecular weight is 428 g/mol. The van der Waals surface area contributed by atoms with E-state index in [4.69, 9.17) is 4.74 Å². The third-order valence-electron chi connectivity index (χ3n) is 6.17. The lowest BCUT2D eigenvalue weighted by atomic mass is 9.71. The standard InChI is InChI=1S/C22H24N2O7/c1-23-24-16(9-25)22(30)7-13-11(14(26)8-22)6-12-18(21(13)29)19(27)10-4-3-5-15(31-2)17(10)20(12)28/h3-6,14,16,23-26,29-30H,7-9H2,1-2H3/t14-,16?,22-/m0/s1. The van der Waals surface area contributed by atoms with Crippen LogP contribution in [0.3, 0.4) is 0 Å². The van der Waals surface area contributed by atoms with Gasteiger partial charge in [-0.2, -0.15) is 0 Å². The summed E-state index contributed by atoms with van der Waals surface area (Å²) in [6.45, 7) is -0.435. The first-order chi connectivity index (χ1) is 14.8. The Morgan fingerprint density at radius 2 is 1.94 bits per heavy atom. The van der Waals surface area contributed by atoms with Crippen molar-refractivity contribution in [2.24, 2.45) is 0 Å². The second-order valence-corrected chi connectivity index (χ2v) is 7.89. The summed E-state index contributed by atoms with van der Waals surface area (Å²) in [4.78, 5) is 26.4. The average Bonchev–Trinajstić information content (AvgIpc) is 2.75. The number of aliphatic hydroxyl groups is 3. The van der Waals surface area contributed by atoms with E-state index in [9.17, 15) is 30.0 Å². The van der Waals surface area contributed by atoms with Gasteiger partial charge >= 0.3 is 0 Å². The summed E-state index contributed by atoms with van der Waals surface area (Å²) in [6.07, 6.45) is -1.50. The van der Waals surface area contributed by atoms with Crippen molar-refractivity contribution in [3.63, 3.8) is 0 Å². The molecular weight excluding hydrogens is 404 g/mol. The number of fused-ring (bicyclic) bond motifs is 3. The Morgan fingerprint density at radius 1 is 1.23 bits per heavy atom. The quantitative estimate of drug-likeness (QED) is 0.308. The van der Waals surface area contributed by atoms with Gasteiger partial charge in [0.1, 0.15) is 11.5 Å². The van der Waals surface area contributed by atoms with Gasteiger partial charge in [0, 0.05) is 29.5 Å².